The molecule has 0 atom stereocenters. The van der Waals surface area contributed by atoms with Crippen molar-refractivity contribution < 1.29 is 5.11 Å². The molecule has 0 amide bonds. The summed E-state index contributed by atoms with van der Waals surface area (Å²) in [5, 5.41) is 9.70. The van der Waals surface area contributed by atoms with Gasteiger partial charge < -0.3 is 10.1 Å². The number of nitrogens with one attached hydrogen (secondary N) is 2. The maximum Gasteiger partial charge on any atom is 0.264 e. The van der Waals surface area contributed by atoms with E-state index in [9.17, 15) is 9.90 Å². The predicted octanol–water partition coefficient (Wildman–Crippen LogP) is 2.28. The highest BCUT2D eigenvalue weighted by Gasteiger charge is 2.10. The molecule has 1 aromatic carbocycles. The maximum atomic E-state index is 11.7. The van der Waals surface area contributed by atoms with Gasteiger partial charge in [-0.1, -0.05) is 18.2 Å². The number of benzene rings is 1. The number of rotatable bonds is 2. The van der Waals surface area contributed by atoms with Crippen LogP contribution in [0.5, 0.6) is 5.88 Å². The SMILES string of the molecule is CC(=Nc1ccccc1)c1c(O)[nH]c(=S)[nH]c1=O. The Hall–Kier alpha value is -2.21. The molecule has 0 saturated carbocycles. The van der Waals surface area contributed by atoms with Crippen LogP contribution in [-0.2, 0) is 0 Å². The van der Waals surface area contributed by atoms with E-state index >= 15 is 0 Å². The number of aromatic hydroxyl groups is 1. The predicted molar refractivity (Wildman–Crippen MR) is 72.2 cm³/mol. The molecule has 6 heteroatoms. The van der Waals surface area contributed by atoms with Crippen LogP contribution in [0.2, 0.25) is 0 Å². The summed E-state index contributed by atoms with van der Waals surface area (Å²) in [6, 6.07) is 9.17. The number of hydrogen-bond acceptors (Lipinski definition) is 4. The summed E-state index contributed by atoms with van der Waals surface area (Å²) in [6.07, 6.45) is 0. The molecule has 0 aliphatic carbocycles. The molecule has 0 unspecified atom stereocenters. The van der Waals surface area contributed by atoms with Crippen molar-refractivity contribution in [2.75, 3.05) is 0 Å². The standard InChI is InChI=1S/C12H11N3O2S/c1-7(13-8-5-3-2-4-6-8)9-10(16)14-12(18)15-11(9)17/h2-6H,1H3,(H3,14,15,16,17,18). The fourth-order valence-electron chi connectivity index (χ4n) is 1.56. The normalized spacial score (nSPS) is 11.5. The lowest BCUT2D eigenvalue weighted by Crippen LogP contribution is -2.17. The van der Waals surface area contributed by atoms with Crippen LogP contribution in [0.1, 0.15) is 12.5 Å². The van der Waals surface area contributed by atoms with Crippen LogP contribution in [0.15, 0.2) is 40.1 Å². The molecule has 18 heavy (non-hydrogen) atoms. The van der Waals surface area contributed by atoms with Gasteiger partial charge in [0.2, 0.25) is 5.88 Å². The summed E-state index contributed by atoms with van der Waals surface area (Å²) in [5.74, 6) is -0.277. The Morgan fingerprint density at radius 1 is 1.28 bits per heavy atom. The quantitative estimate of drug-likeness (QED) is 0.573. The van der Waals surface area contributed by atoms with E-state index in [0.29, 0.717) is 11.4 Å². The van der Waals surface area contributed by atoms with Gasteiger partial charge in [-0.15, -0.1) is 0 Å². The first-order valence-corrected chi connectivity index (χ1v) is 5.65. The van der Waals surface area contributed by atoms with Crippen molar-refractivity contribution >= 4 is 23.6 Å². The summed E-state index contributed by atoms with van der Waals surface area (Å²) in [6.45, 7) is 1.65. The van der Waals surface area contributed by atoms with Crippen molar-refractivity contribution in [1.29, 1.82) is 0 Å². The monoisotopic (exact) mass is 261 g/mol. The number of H-pyrrole nitrogens is 2. The first kappa shape index (κ1) is 12.3. The lowest BCUT2D eigenvalue weighted by Gasteiger charge is -2.02. The molecule has 5 nitrogen and oxygen atoms in total. The zero-order chi connectivity index (χ0) is 13.1. The minimum Gasteiger partial charge on any atom is -0.494 e. The Morgan fingerprint density at radius 2 is 1.94 bits per heavy atom. The molecule has 1 heterocycles. The van der Waals surface area contributed by atoms with Gasteiger partial charge in [-0.3, -0.25) is 14.8 Å². The highest BCUT2D eigenvalue weighted by molar-refractivity contribution is 7.71. The van der Waals surface area contributed by atoms with E-state index in [0.717, 1.165) is 0 Å². The van der Waals surface area contributed by atoms with Gasteiger partial charge >= 0.3 is 0 Å². The van der Waals surface area contributed by atoms with Crippen LogP contribution < -0.4 is 5.56 Å². The zero-order valence-corrected chi connectivity index (χ0v) is 10.4. The van der Waals surface area contributed by atoms with Crippen LogP contribution >= 0.6 is 12.2 Å². The third-order valence-corrected chi connectivity index (χ3v) is 2.54. The topological polar surface area (TPSA) is 81.2 Å². The second-order valence-corrected chi connectivity index (χ2v) is 4.07. The molecule has 1 aromatic heterocycles. The molecular weight excluding hydrogens is 250 g/mol. The van der Waals surface area contributed by atoms with Crippen molar-refractivity contribution in [1.82, 2.24) is 9.97 Å². The van der Waals surface area contributed by atoms with E-state index in [-0.39, 0.29) is 16.2 Å². The van der Waals surface area contributed by atoms with Crippen molar-refractivity contribution in [3.8, 4) is 5.88 Å². The molecule has 2 rings (SSSR count). The minimum atomic E-state index is -0.464. The van der Waals surface area contributed by atoms with Crippen LogP contribution in [0, 0.1) is 4.77 Å². The van der Waals surface area contributed by atoms with Gasteiger partial charge in [-0.05, 0) is 31.3 Å². The van der Waals surface area contributed by atoms with Crippen molar-refractivity contribution in [2.45, 2.75) is 6.92 Å². The lowest BCUT2D eigenvalue weighted by molar-refractivity contribution is 0.448. The molecule has 0 fully saturated rings. The van der Waals surface area contributed by atoms with Crippen molar-refractivity contribution in [3.63, 3.8) is 0 Å². The number of para-hydroxylation sites is 1. The van der Waals surface area contributed by atoms with Gasteiger partial charge in [0.25, 0.3) is 5.56 Å². The van der Waals surface area contributed by atoms with Crippen molar-refractivity contribution in [3.05, 3.63) is 51.0 Å². The fourth-order valence-corrected chi connectivity index (χ4v) is 1.75. The number of nitrogens with zero attached hydrogens (tertiary/aromatic N) is 1. The Kier molecular flexibility index (Phi) is 3.38. The third-order valence-electron chi connectivity index (χ3n) is 2.34. The smallest absolute Gasteiger partial charge is 0.264 e. The van der Waals surface area contributed by atoms with Gasteiger partial charge in [-0.2, -0.15) is 0 Å². The number of aromatic nitrogens is 2. The van der Waals surface area contributed by atoms with Crippen LogP contribution in [0.4, 0.5) is 5.69 Å². The summed E-state index contributed by atoms with van der Waals surface area (Å²) in [7, 11) is 0. The van der Waals surface area contributed by atoms with Crippen molar-refractivity contribution in [2.24, 2.45) is 4.99 Å². The highest BCUT2D eigenvalue weighted by atomic mass is 32.1. The van der Waals surface area contributed by atoms with E-state index < -0.39 is 5.56 Å². The van der Waals surface area contributed by atoms with Crippen LogP contribution in [0.25, 0.3) is 0 Å². The first-order valence-electron chi connectivity index (χ1n) is 5.24. The van der Waals surface area contributed by atoms with Gasteiger partial charge in [0.15, 0.2) is 4.77 Å². The molecule has 0 aliphatic heterocycles. The molecule has 0 saturated heterocycles. The van der Waals surface area contributed by atoms with E-state index in [1.807, 2.05) is 18.2 Å². The molecule has 0 bridgehead atoms. The Balaban J connectivity index is 2.54. The number of hydrogen-bond donors (Lipinski definition) is 3. The second kappa shape index (κ2) is 4.97. The molecule has 2 aromatic rings. The fraction of sp³-hybridized carbons (Fsp3) is 0.0833. The second-order valence-electron chi connectivity index (χ2n) is 3.66. The largest absolute Gasteiger partial charge is 0.494 e. The Morgan fingerprint density at radius 3 is 2.56 bits per heavy atom. The van der Waals surface area contributed by atoms with E-state index in [1.54, 1.807) is 19.1 Å². The molecule has 0 spiro atoms. The zero-order valence-electron chi connectivity index (χ0n) is 9.60. The summed E-state index contributed by atoms with van der Waals surface area (Å²) in [4.78, 5) is 20.9. The lowest BCUT2D eigenvalue weighted by atomic mass is 10.2. The third kappa shape index (κ3) is 2.54. The van der Waals surface area contributed by atoms with Gasteiger partial charge in [-0.25, -0.2) is 0 Å². The van der Waals surface area contributed by atoms with Crippen LogP contribution in [0.3, 0.4) is 0 Å². The Labute approximate surface area is 108 Å². The number of aromatic amines is 2. The molecule has 0 radical (unpaired) electrons. The summed E-state index contributed by atoms with van der Waals surface area (Å²) in [5.41, 5.74) is 0.739. The molecule has 92 valence electrons. The minimum absolute atomic E-state index is 0.0776. The maximum absolute atomic E-state index is 11.7. The Bertz CT molecular complexity index is 701. The number of aliphatic imine (C=N–C) groups is 1. The molecule has 0 aliphatic rings. The highest BCUT2D eigenvalue weighted by Crippen LogP contribution is 2.15. The first-order chi connectivity index (χ1) is 8.58. The molecular formula is C12H11N3O2S. The van der Waals surface area contributed by atoms with Crippen LogP contribution in [-0.4, -0.2) is 20.8 Å². The van der Waals surface area contributed by atoms with Gasteiger partial charge in [0.1, 0.15) is 5.56 Å². The average Bonchev–Trinajstić information content (AvgIpc) is 2.28. The van der Waals surface area contributed by atoms with E-state index in [1.165, 1.54) is 0 Å². The van der Waals surface area contributed by atoms with Gasteiger partial charge in [0.05, 0.1) is 11.4 Å². The summed E-state index contributed by atoms with van der Waals surface area (Å²) >= 11 is 4.75. The average molecular weight is 261 g/mol. The van der Waals surface area contributed by atoms with E-state index in [4.69, 9.17) is 12.2 Å². The van der Waals surface area contributed by atoms with E-state index in [2.05, 4.69) is 15.0 Å². The summed E-state index contributed by atoms with van der Waals surface area (Å²) < 4.78 is 0.0776. The van der Waals surface area contributed by atoms with Gasteiger partial charge in [0, 0.05) is 0 Å². The molecule has 3 N–H and O–H groups in total.